The molecule has 1 aliphatic heterocycles. The fraction of sp³-hybridized carbons (Fsp3) is 1.00. The van der Waals surface area contributed by atoms with Gasteiger partial charge in [-0.05, 0) is 0 Å². The zero-order chi connectivity index (χ0) is 5.11. The van der Waals surface area contributed by atoms with Crippen LogP contribution in [0.1, 0.15) is 0 Å². The van der Waals surface area contributed by atoms with Crippen LogP contribution >= 0.6 is 12.6 Å². The van der Waals surface area contributed by atoms with Crippen LogP contribution in [0.25, 0.3) is 0 Å². The SMILES string of the molecule is S[C@H]1CNCCO1. The van der Waals surface area contributed by atoms with E-state index >= 15 is 0 Å². The lowest BCUT2D eigenvalue weighted by Gasteiger charge is -2.18. The van der Waals surface area contributed by atoms with Crippen LogP contribution in [0.2, 0.25) is 0 Å². The number of ether oxygens (including phenoxy) is 1. The fourth-order valence-corrected chi connectivity index (χ4v) is 0.786. The van der Waals surface area contributed by atoms with Crippen LogP contribution in [-0.4, -0.2) is 25.1 Å². The molecule has 0 amide bonds. The maximum absolute atomic E-state index is 5.08. The Balaban J connectivity index is 2.12. The second-order valence-corrected chi connectivity index (χ2v) is 2.11. The third kappa shape index (κ3) is 1.67. The molecular weight excluding hydrogens is 110 g/mol. The molecule has 0 saturated carbocycles. The van der Waals surface area contributed by atoms with E-state index in [4.69, 9.17) is 4.74 Å². The van der Waals surface area contributed by atoms with E-state index < -0.39 is 0 Å². The summed E-state index contributed by atoms with van der Waals surface area (Å²) >= 11 is 4.08. The number of hydrogen-bond acceptors (Lipinski definition) is 3. The van der Waals surface area contributed by atoms with Gasteiger partial charge in [0, 0.05) is 13.1 Å². The minimum atomic E-state index is 0.119. The Labute approximate surface area is 48.6 Å². The zero-order valence-electron chi connectivity index (χ0n) is 4.05. The van der Waals surface area contributed by atoms with Gasteiger partial charge in [-0.25, -0.2) is 0 Å². The van der Waals surface area contributed by atoms with Crippen molar-refractivity contribution in [2.24, 2.45) is 0 Å². The minimum absolute atomic E-state index is 0.119. The van der Waals surface area contributed by atoms with Crippen molar-refractivity contribution >= 4 is 12.6 Å². The van der Waals surface area contributed by atoms with E-state index in [9.17, 15) is 0 Å². The first-order valence-electron chi connectivity index (χ1n) is 2.40. The van der Waals surface area contributed by atoms with Gasteiger partial charge in [-0.3, -0.25) is 0 Å². The predicted molar refractivity (Wildman–Crippen MR) is 31.6 cm³/mol. The highest BCUT2D eigenvalue weighted by Crippen LogP contribution is 1.97. The Morgan fingerprint density at radius 1 is 1.71 bits per heavy atom. The zero-order valence-corrected chi connectivity index (χ0v) is 4.95. The van der Waals surface area contributed by atoms with Crippen molar-refractivity contribution in [3.8, 4) is 0 Å². The Morgan fingerprint density at radius 2 is 2.57 bits per heavy atom. The van der Waals surface area contributed by atoms with Gasteiger partial charge < -0.3 is 10.1 Å². The van der Waals surface area contributed by atoms with E-state index in [-0.39, 0.29) is 5.44 Å². The molecule has 0 unspecified atom stereocenters. The van der Waals surface area contributed by atoms with Crippen molar-refractivity contribution < 1.29 is 4.74 Å². The first-order valence-corrected chi connectivity index (χ1v) is 2.91. The van der Waals surface area contributed by atoms with E-state index in [1.165, 1.54) is 0 Å². The maximum atomic E-state index is 5.08. The summed E-state index contributed by atoms with van der Waals surface area (Å²) < 4.78 is 5.08. The van der Waals surface area contributed by atoms with Gasteiger partial charge in [0.05, 0.1) is 6.61 Å². The lowest BCUT2D eigenvalue weighted by atomic mass is 10.5. The summed E-state index contributed by atoms with van der Waals surface area (Å²) in [5.41, 5.74) is 0.119. The predicted octanol–water partition coefficient (Wildman–Crippen LogP) is -0.138. The molecule has 1 fully saturated rings. The summed E-state index contributed by atoms with van der Waals surface area (Å²) in [5, 5.41) is 3.13. The molecule has 7 heavy (non-hydrogen) atoms. The van der Waals surface area contributed by atoms with E-state index in [1.807, 2.05) is 0 Å². The van der Waals surface area contributed by atoms with Gasteiger partial charge in [-0.1, -0.05) is 0 Å². The highest BCUT2D eigenvalue weighted by atomic mass is 32.1. The highest BCUT2D eigenvalue weighted by Gasteiger charge is 2.05. The van der Waals surface area contributed by atoms with E-state index in [1.54, 1.807) is 0 Å². The van der Waals surface area contributed by atoms with Gasteiger partial charge in [-0.2, -0.15) is 0 Å². The van der Waals surface area contributed by atoms with Crippen LogP contribution in [0.4, 0.5) is 0 Å². The molecule has 1 N–H and O–H groups in total. The molecule has 1 saturated heterocycles. The van der Waals surface area contributed by atoms with Crippen LogP contribution in [0, 0.1) is 0 Å². The van der Waals surface area contributed by atoms with Crippen LogP contribution in [0.5, 0.6) is 0 Å². The molecular formula is C4H9NOS. The Morgan fingerprint density at radius 3 is 2.86 bits per heavy atom. The van der Waals surface area contributed by atoms with Gasteiger partial charge >= 0.3 is 0 Å². The van der Waals surface area contributed by atoms with Crippen molar-refractivity contribution in [1.29, 1.82) is 0 Å². The van der Waals surface area contributed by atoms with Crippen molar-refractivity contribution in [2.45, 2.75) is 5.44 Å². The van der Waals surface area contributed by atoms with Crippen LogP contribution in [0.15, 0.2) is 0 Å². The molecule has 0 aromatic heterocycles. The van der Waals surface area contributed by atoms with Crippen LogP contribution in [-0.2, 0) is 4.74 Å². The molecule has 0 bridgehead atoms. The second kappa shape index (κ2) is 2.55. The van der Waals surface area contributed by atoms with Crippen molar-refractivity contribution in [2.75, 3.05) is 19.7 Å². The topological polar surface area (TPSA) is 21.3 Å². The molecule has 0 spiro atoms. The highest BCUT2D eigenvalue weighted by molar-refractivity contribution is 7.80. The Kier molecular flexibility index (Phi) is 1.97. The van der Waals surface area contributed by atoms with Gasteiger partial charge in [0.25, 0.3) is 0 Å². The molecule has 1 atom stereocenters. The van der Waals surface area contributed by atoms with Crippen molar-refractivity contribution in [3.05, 3.63) is 0 Å². The monoisotopic (exact) mass is 119 g/mol. The van der Waals surface area contributed by atoms with E-state index in [0.29, 0.717) is 0 Å². The third-order valence-corrected chi connectivity index (χ3v) is 1.24. The first kappa shape index (κ1) is 5.41. The van der Waals surface area contributed by atoms with Gasteiger partial charge in [0.2, 0.25) is 0 Å². The Bertz CT molecular complexity index is 53.7. The summed E-state index contributed by atoms with van der Waals surface area (Å²) in [4.78, 5) is 0. The normalized spacial score (nSPS) is 33.0. The summed E-state index contributed by atoms with van der Waals surface area (Å²) in [6, 6.07) is 0. The summed E-state index contributed by atoms with van der Waals surface area (Å²) in [5.74, 6) is 0. The molecule has 0 radical (unpaired) electrons. The van der Waals surface area contributed by atoms with Crippen LogP contribution in [0.3, 0.4) is 0 Å². The van der Waals surface area contributed by atoms with Gasteiger partial charge in [0.15, 0.2) is 0 Å². The average Bonchev–Trinajstić information content (AvgIpc) is 1.69. The van der Waals surface area contributed by atoms with Gasteiger partial charge in [-0.15, -0.1) is 12.6 Å². The van der Waals surface area contributed by atoms with Gasteiger partial charge in [0.1, 0.15) is 5.44 Å². The number of morpholine rings is 1. The molecule has 0 aliphatic carbocycles. The van der Waals surface area contributed by atoms with Crippen molar-refractivity contribution in [3.63, 3.8) is 0 Å². The minimum Gasteiger partial charge on any atom is -0.365 e. The number of thiol groups is 1. The smallest absolute Gasteiger partial charge is 0.112 e. The summed E-state index contributed by atoms with van der Waals surface area (Å²) in [7, 11) is 0. The largest absolute Gasteiger partial charge is 0.365 e. The summed E-state index contributed by atoms with van der Waals surface area (Å²) in [6.45, 7) is 2.65. The molecule has 42 valence electrons. The lowest BCUT2D eigenvalue weighted by molar-refractivity contribution is 0.0866. The van der Waals surface area contributed by atoms with E-state index in [0.717, 1.165) is 19.7 Å². The summed E-state index contributed by atoms with van der Waals surface area (Å²) in [6.07, 6.45) is 0. The molecule has 1 aliphatic rings. The third-order valence-electron chi connectivity index (χ3n) is 0.908. The quantitative estimate of drug-likeness (QED) is 0.433. The molecule has 1 heterocycles. The molecule has 3 heteroatoms. The van der Waals surface area contributed by atoms with Crippen LogP contribution < -0.4 is 5.32 Å². The second-order valence-electron chi connectivity index (χ2n) is 1.53. The molecule has 0 aromatic carbocycles. The van der Waals surface area contributed by atoms with Crippen molar-refractivity contribution in [1.82, 2.24) is 5.32 Å². The maximum Gasteiger partial charge on any atom is 0.112 e. The fourth-order valence-electron chi connectivity index (χ4n) is 0.552. The number of nitrogens with one attached hydrogen (secondary N) is 1. The standard InChI is InChI=1S/C4H9NOS/c7-4-3-5-1-2-6-4/h4-5,7H,1-3H2/t4-/m0/s1. The molecule has 0 aromatic rings. The molecule has 2 nitrogen and oxygen atoms in total. The lowest BCUT2D eigenvalue weighted by Crippen LogP contribution is -2.35. The number of hydrogen-bond donors (Lipinski definition) is 2. The average molecular weight is 119 g/mol. The van der Waals surface area contributed by atoms with E-state index in [2.05, 4.69) is 17.9 Å². The first-order chi connectivity index (χ1) is 3.39. The molecule has 1 rings (SSSR count). The number of rotatable bonds is 0. The Hall–Kier alpha value is 0.270.